The number of ether oxygens (including phenoxy) is 2. The van der Waals surface area contributed by atoms with Crippen LogP contribution in [0.1, 0.15) is 30.5 Å². The Bertz CT molecular complexity index is 444. The lowest BCUT2D eigenvalue weighted by Crippen LogP contribution is -2.28. The Morgan fingerprint density at radius 2 is 1.79 bits per heavy atom. The monoisotopic (exact) mass is 264 g/mol. The molecule has 0 saturated carbocycles. The fourth-order valence-corrected chi connectivity index (χ4v) is 2.53. The average molecular weight is 264 g/mol. The fraction of sp³-hybridized carbons (Fsp3) is 0.600. The highest BCUT2D eigenvalue weighted by Gasteiger charge is 2.22. The summed E-state index contributed by atoms with van der Waals surface area (Å²) in [4.78, 5) is 2.21. The number of hydrogen-bond acceptors (Lipinski definition) is 4. The van der Waals surface area contributed by atoms with Crippen molar-refractivity contribution in [3.8, 4) is 11.5 Å². The molecule has 1 aromatic carbocycles. The van der Waals surface area contributed by atoms with E-state index in [0.717, 1.165) is 17.9 Å². The molecule has 0 aliphatic carbocycles. The molecule has 2 unspecified atom stereocenters. The van der Waals surface area contributed by atoms with Crippen LogP contribution in [0.2, 0.25) is 0 Å². The standard InChI is InChI=1S/C15H24N2O2/c1-10-7-14-15(19-6-5-18-14)9-12(10)13(17(3)4)8-11(2)16/h7,9,11,13H,5-6,8,16H2,1-4H3. The van der Waals surface area contributed by atoms with Crippen LogP contribution in [0.3, 0.4) is 0 Å². The van der Waals surface area contributed by atoms with Gasteiger partial charge in [-0.3, -0.25) is 0 Å². The van der Waals surface area contributed by atoms with Gasteiger partial charge in [0.05, 0.1) is 0 Å². The molecular weight excluding hydrogens is 240 g/mol. The summed E-state index contributed by atoms with van der Waals surface area (Å²) in [6, 6.07) is 4.65. The first-order valence-electron chi connectivity index (χ1n) is 6.81. The molecule has 1 aliphatic rings. The minimum absolute atomic E-state index is 0.167. The van der Waals surface area contributed by atoms with E-state index in [1.54, 1.807) is 0 Å². The Hall–Kier alpha value is -1.26. The number of hydrogen-bond donors (Lipinski definition) is 1. The van der Waals surface area contributed by atoms with Crippen LogP contribution in [0.5, 0.6) is 11.5 Å². The molecule has 0 bridgehead atoms. The van der Waals surface area contributed by atoms with Crippen LogP contribution in [0.4, 0.5) is 0 Å². The van der Waals surface area contributed by atoms with Crippen molar-refractivity contribution in [2.45, 2.75) is 32.4 Å². The van der Waals surface area contributed by atoms with Crippen molar-refractivity contribution < 1.29 is 9.47 Å². The predicted octanol–water partition coefficient (Wildman–Crippen LogP) is 2.11. The highest BCUT2D eigenvalue weighted by atomic mass is 16.6. The highest BCUT2D eigenvalue weighted by Crippen LogP contribution is 2.37. The van der Waals surface area contributed by atoms with Gasteiger partial charge in [0.1, 0.15) is 13.2 Å². The Morgan fingerprint density at radius 1 is 1.21 bits per heavy atom. The largest absolute Gasteiger partial charge is 0.486 e. The first-order chi connectivity index (χ1) is 8.99. The van der Waals surface area contributed by atoms with Gasteiger partial charge in [0.15, 0.2) is 11.5 Å². The third-order valence-corrected chi connectivity index (χ3v) is 3.51. The molecule has 106 valence electrons. The Morgan fingerprint density at radius 3 is 2.32 bits per heavy atom. The molecule has 0 fully saturated rings. The number of rotatable bonds is 4. The molecule has 2 N–H and O–H groups in total. The minimum atomic E-state index is 0.167. The molecule has 1 aliphatic heterocycles. The molecule has 4 nitrogen and oxygen atoms in total. The lowest BCUT2D eigenvalue weighted by molar-refractivity contribution is 0.170. The van der Waals surface area contributed by atoms with E-state index in [1.807, 2.05) is 6.92 Å². The van der Waals surface area contributed by atoms with Crippen LogP contribution < -0.4 is 15.2 Å². The maximum absolute atomic E-state index is 5.97. The van der Waals surface area contributed by atoms with Crippen LogP contribution >= 0.6 is 0 Å². The lowest BCUT2D eigenvalue weighted by atomic mass is 9.94. The quantitative estimate of drug-likeness (QED) is 0.905. The lowest BCUT2D eigenvalue weighted by Gasteiger charge is -2.29. The van der Waals surface area contributed by atoms with Gasteiger partial charge in [0.2, 0.25) is 0 Å². The van der Waals surface area contributed by atoms with Crippen LogP contribution in [-0.4, -0.2) is 38.3 Å². The molecule has 19 heavy (non-hydrogen) atoms. The Labute approximate surface area is 115 Å². The Kier molecular flexibility index (Phi) is 4.32. The second-order valence-corrected chi connectivity index (χ2v) is 5.54. The van der Waals surface area contributed by atoms with E-state index in [1.165, 1.54) is 11.1 Å². The van der Waals surface area contributed by atoms with Gasteiger partial charge in [-0.1, -0.05) is 0 Å². The molecule has 0 aromatic heterocycles. The summed E-state index contributed by atoms with van der Waals surface area (Å²) in [7, 11) is 4.17. The summed E-state index contributed by atoms with van der Waals surface area (Å²) >= 11 is 0. The fourth-order valence-electron chi connectivity index (χ4n) is 2.53. The summed E-state index contributed by atoms with van der Waals surface area (Å²) < 4.78 is 11.3. The first kappa shape index (κ1) is 14.2. The third kappa shape index (κ3) is 3.19. The Balaban J connectivity index is 2.36. The van der Waals surface area contributed by atoms with Gasteiger partial charge in [0, 0.05) is 12.1 Å². The van der Waals surface area contributed by atoms with Gasteiger partial charge in [-0.15, -0.1) is 0 Å². The van der Waals surface area contributed by atoms with E-state index in [2.05, 4.69) is 38.1 Å². The van der Waals surface area contributed by atoms with Gasteiger partial charge in [-0.2, -0.15) is 0 Å². The van der Waals surface area contributed by atoms with E-state index in [-0.39, 0.29) is 6.04 Å². The number of benzene rings is 1. The van der Waals surface area contributed by atoms with Crippen LogP contribution in [-0.2, 0) is 0 Å². The second-order valence-electron chi connectivity index (χ2n) is 5.54. The zero-order chi connectivity index (χ0) is 14.0. The van der Waals surface area contributed by atoms with Crippen molar-refractivity contribution in [2.75, 3.05) is 27.3 Å². The summed E-state index contributed by atoms with van der Waals surface area (Å²) in [5.41, 5.74) is 8.47. The van der Waals surface area contributed by atoms with E-state index < -0.39 is 0 Å². The first-order valence-corrected chi connectivity index (χ1v) is 6.81. The molecule has 0 saturated heterocycles. The van der Waals surface area contributed by atoms with Gasteiger partial charge in [-0.25, -0.2) is 0 Å². The second kappa shape index (κ2) is 5.80. The van der Waals surface area contributed by atoms with Crippen molar-refractivity contribution in [1.29, 1.82) is 0 Å². The van der Waals surface area contributed by atoms with E-state index in [4.69, 9.17) is 15.2 Å². The zero-order valence-electron chi connectivity index (χ0n) is 12.3. The summed E-state index contributed by atoms with van der Waals surface area (Å²) in [5.74, 6) is 1.70. The average Bonchev–Trinajstić information content (AvgIpc) is 2.35. The van der Waals surface area contributed by atoms with Crippen molar-refractivity contribution in [3.05, 3.63) is 23.3 Å². The summed E-state index contributed by atoms with van der Waals surface area (Å²) in [6.07, 6.45) is 0.924. The van der Waals surface area contributed by atoms with Crippen molar-refractivity contribution in [1.82, 2.24) is 4.90 Å². The van der Waals surface area contributed by atoms with Gasteiger partial charge < -0.3 is 20.1 Å². The zero-order valence-corrected chi connectivity index (χ0v) is 12.3. The van der Waals surface area contributed by atoms with Gasteiger partial charge >= 0.3 is 0 Å². The van der Waals surface area contributed by atoms with Gasteiger partial charge in [-0.05, 0) is 57.6 Å². The maximum Gasteiger partial charge on any atom is 0.161 e. The van der Waals surface area contributed by atoms with Crippen molar-refractivity contribution in [3.63, 3.8) is 0 Å². The third-order valence-electron chi connectivity index (χ3n) is 3.51. The number of aryl methyl sites for hydroxylation is 1. The van der Waals surface area contributed by atoms with E-state index >= 15 is 0 Å². The molecule has 2 rings (SSSR count). The predicted molar refractivity (Wildman–Crippen MR) is 76.9 cm³/mol. The highest BCUT2D eigenvalue weighted by molar-refractivity contribution is 5.48. The smallest absolute Gasteiger partial charge is 0.161 e. The molecule has 2 atom stereocenters. The van der Waals surface area contributed by atoms with E-state index in [9.17, 15) is 0 Å². The van der Waals surface area contributed by atoms with Crippen molar-refractivity contribution in [2.24, 2.45) is 5.73 Å². The topological polar surface area (TPSA) is 47.7 Å². The normalized spacial score (nSPS) is 17.4. The van der Waals surface area contributed by atoms with Gasteiger partial charge in [0.25, 0.3) is 0 Å². The molecule has 0 radical (unpaired) electrons. The number of nitrogens with two attached hydrogens (primary N) is 1. The molecule has 1 aromatic rings. The molecule has 4 heteroatoms. The van der Waals surface area contributed by atoms with Crippen LogP contribution in [0.15, 0.2) is 12.1 Å². The number of fused-ring (bicyclic) bond motifs is 1. The number of nitrogens with zero attached hydrogens (tertiary/aromatic N) is 1. The van der Waals surface area contributed by atoms with Crippen LogP contribution in [0.25, 0.3) is 0 Å². The SMILES string of the molecule is Cc1cc2c(cc1C(CC(C)N)N(C)C)OCCO2. The van der Waals surface area contributed by atoms with Crippen LogP contribution in [0, 0.1) is 6.92 Å². The van der Waals surface area contributed by atoms with E-state index in [0.29, 0.717) is 19.3 Å². The molecule has 0 spiro atoms. The van der Waals surface area contributed by atoms with Crippen molar-refractivity contribution >= 4 is 0 Å². The molecule has 1 heterocycles. The summed E-state index contributed by atoms with van der Waals surface area (Å²) in [5, 5.41) is 0. The molecular formula is C15H24N2O2. The molecule has 0 amide bonds. The minimum Gasteiger partial charge on any atom is -0.486 e. The summed E-state index contributed by atoms with van der Waals surface area (Å²) in [6.45, 7) is 5.41. The maximum atomic E-state index is 5.97.